The van der Waals surface area contributed by atoms with Crippen LogP contribution in [0.25, 0.3) is 55.8 Å². The Kier molecular flexibility index (Phi) is 3.54. The molecular weight excluding hydrogens is 380 g/mol. The number of pyridine rings is 2. The maximum Gasteiger partial charge on any atom is 0.181 e. The van der Waals surface area contributed by atoms with Crippen LogP contribution in [0.3, 0.4) is 0 Å². The van der Waals surface area contributed by atoms with Crippen molar-refractivity contribution in [3.05, 3.63) is 71.8 Å². The van der Waals surface area contributed by atoms with Gasteiger partial charge >= 0.3 is 0 Å². The van der Waals surface area contributed by atoms with Crippen molar-refractivity contribution in [3.8, 4) is 33.8 Å². The Balaban J connectivity index is 1.53. The number of H-pyrrole nitrogens is 2. The van der Waals surface area contributed by atoms with Crippen LogP contribution in [0.4, 0.5) is 0 Å². The van der Waals surface area contributed by atoms with Crippen LogP contribution in [0.2, 0.25) is 0 Å². The van der Waals surface area contributed by atoms with E-state index in [1.807, 2.05) is 36.7 Å². The third kappa shape index (κ3) is 2.63. The van der Waals surface area contributed by atoms with Gasteiger partial charge in [-0.1, -0.05) is 18.2 Å². The van der Waals surface area contributed by atoms with Crippen LogP contribution < -0.4 is 0 Å². The predicted octanol–water partition coefficient (Wildman–Crippen LogP) is 5.29. The van der Waals surface area contributed by atoms with Crippen molar-refractivity contribution in [2.45, 2.75) is 0 Å². The van der Waals surface area contributed by atoms with Gasteiger partial charge in [0.05, 0.1) is 16.4 Å². The molecule has 138 valence electrons. The summed E-state index contributed by atoms with van der Waals surface area (Å²) in [5.41, 5.74) is 7.71. The fourth-order valence-corrected chi connectivity index (χ4v) is 4.23. The first-order valence-electron chi connectivity index (χ1n) is 9.13. The zero-order chi connectivity index (χ0) is 19.2. The zero-order valence-corrected chi connectivity index (χ0v) is 15.9. The van der Waals surface area contributed by atoms with Crippen LogP contribution >= 0.6 is 11.3 Å². The molecule has 0 unspecified atom stereocenters. The molecule has 0 saturated carbocycles. The monoisotopic (exact) mass is 394 g/mol. The van der Waals surface area contributed by atoms with Gasteiger partial charge in [-0.25, -0.2) is 9.97 Å². The Bertz CT molecular complexity index is 1450. The summed E-state index contributed by atoms with van der Waals surface area (Å²) in [5, 5.41) is 12.6. The molecule has 6 rings (SSSR count). The van der Waals surface area contributed by atoms with Crippen molar-refractivity contribution in [3.63, 3.8) is 0 Å². The molecule has 0 fully saturated rings. The molecule has 0 radical (unpaired) electrons. The molecule has 0 aliphatic carbocycles. The van der Waals surface area contributed by atoms with E-state index in [9.17, 15) is 0 Å². The summed E-state index contributed by atoms with van der Waals surface area (Å²) in [6, 6.07) is 14.3. The van der Waals surface area contributed by atoms with Crippen LogP contribution in [-0.2, 0) is 0 Å². The maximum atomic E-state index is 4.90. The second-order valence-electron chi connectivity index (χ2n) is 6.73. The molecule has 0 bridgehead atoms. The molecule has 6 nitrogen and oxygen atoms in total. The summed E-state index contributed by atoms with van der Waals surface area (Å²) >= 11 is 1.68. The average Bonchev–Trinajstić information content (AvgIpc) is 3.52. The van der Waals surface area contributed by atoms with Gasteiger partial charge in [0.1, 0.15) is 5.69 Å². The Morgan fingerprint density at radius 2 is 1.93 bits per heavy atom. The number of aromatic amines is 2. The molecule has 5 heterocycles. The van der Waals surface area contributed by atoms with Crippen molar-refractivity contribution >= 4 is 33.4 Å². The number of para-hydroxylation sites is 1. The standard InChI is InChI=1S/C22H14N6S/c1-4-16(14-6-8-29-12-14)19-18(5-1)25-22(26-19)20-17-9-15(11-24-21(17)28-27-20)13-3-2-7-23-10-13/h1-12H,(H,25,26)(H,24,27,28). The maximum absolute atomic E-state index is 4.90. The third-order valence-corrected chi connectivity index (χ3v) is 5.67. The molecule has 0 aliphatic rings. The third-order valence-electron chi connectivity index (χ3n) is 4.99. The molecule has 7 heteroatoms. The van der Waals surface area contributed by atoms with E-state index in [1.54, 1.807) is 17.5 Å². The summed E-state index contributed by atoms with van der Waals surface area (Å²) in [7, 11) is 0. The number of nitrogens with one attached hydrogen (secondary N) is 2. The summed E-state index contributed by atoms with van der Waals surface area (Å²) in [5.74, 6) is 0.746. The van der Waals surface area contributed by atoms with Crippen LogP contribution in [0, 0.1) is 0 Å². The smallest absolute Gasteiger partial charge is 0.181 e. The first kappa shape index (κ1) is 16.1. The molecule has 6 aromatic rings. The topological polar surface area (TPSA) is 83.1 Å². The quantitative estimate of drug-likeness (QED) is 0.427. The van der Waals surface area contributed by atoms with Crippen LogP contribution in [0.15, 0.2) is 71.8 Å². The Morgan fingerprint density at radius 3 is 2.79 bits per heavy atom. The SMILES string of the molecule is c1cncc(-c2cnc3n[nH]c(-c4nc5c(-c6ccsc6)cccc5[nH]4)c3c2)c1. The highest BCUT2D eigenvalue weighted by Gasteiger charge is 2.16. The summed E-state index contributed by atoms with van der Waals surface area (Å²) < 4.78 is 0. The summed E-state index contributed by atoms with van der Waals surface area (Å²) in [6.45, 7) is 0. The Morgan fingerprint density at radius 1 is 0.931 bits per heavy atom. The minimum absolute atomic E-state index is 0.658. The zero-order valence-electron chi connectivity index (χ0n) is 15.1. The molecular formula is C22H14N6S. The normalized spacial score (nSPS) is 11.4. The van der Waals surface area contributed by atoms with Gasteiger partial charge in [0.15, 0.2) is 11.5 Å². The van der Waals surface area contributed by atoms with E-state index in [1.165, 1.54) is 5.56 Å². The molecule has 0 atom stereocenters. The first-order chi connectivity index (χ1) is 14.4. The van der Waals surface area contributed by atoms with Gasteiger partial charge in [-0.05, 0) is 40.6 Å². The van der Waals surface area contributed by atoms with E-state index >= 15 is 0 Å². The predicted molar refractivity (Wildman–Crippen MR) is 116 cm³/mol. The molecule has 0 saturated heterocycles. The minimum Gasteiger partial charge on any atom is -0.337 e. The lowest BCUT2D eigenvalue weighted by Gasteiger charge is -2.00. The number of hydrogen-bond acceptors (Lipinski definition) is 5. The second-order valence-corrected chi connectivity index (χ2v) is 7.51. The summed E-state index contributed by atoms with van der Waals surface area (Å²) in [4.78, 5) is 17.0. The van der Waals surface area contributed by atoms with E-state index in [2.05, 4.69) is 54.1 Å². The van der Waals surface area contributed by atoms with Crippen molar-refractivity contribution in [1.29, 1.82) is 0 Å². The first-order valence-corrected chi connectivity index (χ1v) is 10.1. The van der Waals surface area contributed by atoms with Crippen LogP contribution in [0.5, 0.6) is 0 Å². The molecule has 0 amide bonds. The number of fused-ring (bicyclic) bond motifs is 2. The van der Waals surface area contributed by atoms with Gasteiger partial charge in [0, 0.05) is 35.3 Å². The minimum atomic E-state index is 0.658. The largest absolute Gasteiger partial charge is 0.337 e. The van der Waals surface area contributed by atoms with E-state index in [-0.39, 0.29) is 0 Å². The van der Waals surface area contributed by atoms with Gasteiger partial charge in [0.25, 0.3) is 0 Å². The fraction of sp³-hybridized carbons (Fsp3) is 0. The van der Waals surface area contributed by atoms with E-state index < -0.39 is 0 Å². The van der Waals surface area contributed by atoms with Crippen molar-refractivity contribution in [2.75, 3.05) is 0 Å². The molecule has 0 aliphatic heterocycles. The van der Waals surface area contributed by atoms with Crippen LogP contribution in [0.1, 0.15) is 0 Å². The number of benzene rings is 1. The summed E-state index contributed by atoms with van der Waals surface area (Å²) in [6.07, 6.45) is 5.41. The Labute approximate surface area is 169 Å². The number of imidazole rings is 1. The van der Waals surface area contributed by atoms with Gasteiger partial charge in [-0.3, -0.25) is 10.1 Å². The lowest BCUT2D eigenvalue weighted by molar-refractivity contribution is 1.09. The van der Waals surface area contributed by atoms with Crippen LogP contribution in [-0.4, -0.2) is 30.1 Å². The van der Waals surface area contributed by atoms with Gasteiger partial charge in [0.2, 0.25) is 0 Å². The molecule has 29 heavy (non-hydrogen) atoms. The number of nitrogens with zero attached hydrogens (tertiary/aromatic N) is 4. The van der Waals surface area contributed by atoms with Gasteiger partial charge in [-0.15, -0.1) is 0 Å². The van der Waals surface area contributed by atoms with E-state index in [0.29, 0.717) is 5.65 Å². The Hall–Kier alpha value is -3.84. The van der Waals surface area contributed by atoms with Crippen molar-refractivity contribution < 1.29 is 0 Å². The second kappa shape index (κ2) is 6.35. The highest BCUT2D eigenvalue weighted by Crippen LogP contribution is 2.33. The highest BCUT2D eigenvalue weighted by atomic mass is 32.1. The molecule has 5 aromatic heterocycles. The number of aromatic nitrogens is 6. The molecule has 0 spiro atoms. The highest BCUT2D eigenvalue weighted by molar-refractivity contribution is 7.08. The lowest BCUT2D eigenvalue weighted by Crippen LogP contribution is -1.84. The molecule has 2 N–H and O–H groups in total. The average molecular weight is 394 g/mol. The van der Waals surface area contributed by atoms with Gasteiger partial charge < -0.3 is 4.98 Å². The van der Waals surface area contributed by atoms with Crippen molar-refractivity contribution in [1.82, 2.24) is 30.1 Å². The van der Waals surface area contributed by atoms with Gasteiger partial charge in [-0.2, -0.15) is 16.4 Å². The lowest BCUT2D eigenvalue weighted by atomic mass is 10.1. The fourth-order valence-electron chi connectivity index (χ4n) is 3.57. The number of hydrogen-bond donors (Lipinski definition) is 2. The van der Waals surface area contributed by atoms with Crippen molar-refractivity contribution in [2.24, 2.45) is 0 Å². The molecule has 1 aromatic carbocycles. The number of thiophene rings is 1. The van der Waals surface area contributed by atoms with E-state index in [4.69, 9.17) is 4.98 Å². The number of rotatable bonds is 3. The van der Waals surface area contributed by atoms with E-state index in [0.717, 1.165) is 44.6 Å².